The van der Waals surface area contributed by atoms with Gasteiger partial charge < -0.3 is 33.2 Å². The van der Waals surface area contributed by atoms with Gasteiger partial charge in [-0.15, -0.1) is 0 Å². The van der Waals surface area contributed by atoms with Crippen molar-refractivity contribution in [2.45, 2.75) is 68.0 Å². The molecule has 1 N–H and O–H groups in total. The van der Waals surface area contributed by atoms with E-state index in [-0.39, 0.29) is 19.8 Å². The van der Waals surface area contributed by atoms with E-state index >= 15 is 0 Å². The Hall–Kier alpha value is -2.93. The van der Waals surface area contributed by atoms with E-state index in [1.165, 1.54) is 13.8 Å². The number of carbonyl (C=O) groups is 3. The molecule has 0 aromatic heterocycles. The third kappa shape index (κ3) is 10.3. The molecule has 43 heavy (non-hydrogen) atoms. The second-order valence-electron chi connectivity index (χ2n) is 9.27. The van der Waals surface area contributed by atoms with Crippen molar-refractivity contribution in [3.05, 3.63) is 71.8 Å². The fourth-order valence-corrected chi connectivity index (χ4v) is 4.33. The number of alkyl halides is 3. The predicted octanol–water partition coefficient (Wildman–Crippen LogP) is 4.85. The van der Waals surface area contributed by atoms with Gasteiger partial charge in [0.25, 0.3) is 3.79 Å². The van der Waals surface area contributed by atoms with E-state index in [1.807, 2.05) is 30.3 Å². The number of halogens is 3. The van der Waals surface area contributed by atoms with Crippen molar-refractivity contribution in [2.75, 3.05) is 13.2 Å². The SMILES string of the molecule is CCOC(=O)[C@H](O[C@H]1[C@@H](OC(=N)C(Cl)(Cl)Cl)O[C@H](COC(C)=O)[C@@H](OCc2ccccc2)[C@@H]1OC(C)=O)c1ccccc1. The van der Waals surface area contributed by atoms with E-state index < -0.39 is 64.4 Å². The molecule has 2 aromatic carbocycles. The van der Waals surface area contributed by atoms with Gasteiger partial charge in [-0.3, -0.25) is 15.0 Å². The highest BCUT2D eigenvalue weighted by Gasteiger charge is 2.53. The molecule has 234 valence electrons. The molecule has 11 nitrogen and oxygen atoms in total. The average Bonchev–Trinajstić information content (AvgIpc) is 2.95. The standard InChI is InChI=1S/C29H32Cl3NO10/c1-4-37-26(36)22(20-13-9-6-10-14-20)42-25-24(40-18(3)35)23(39-15-19-11-7-5-8-12-19)21(16-38-17(2)34)41-27(25)43-28(33)29(30,31)32/h5-14,21-25,27,33H,4,15-16H2,1-3H3/t21-,22-,23-,24+,25-,27-/m1/s1. The van der Waals surface area contributed by atoms with Crippen LogP contribution in [-0.4, -0.2) is 71.5 Å². The molecule has 2 aromatic rings. The third-order valence-corrected chi connectivity index (χ3v) is 6.53. The van der Waals surface area contributed by atoms with E-state index in [0.717, 1.165) is 5.56 Å². The van der Waals surface area contributed by atoms with Crippen LogP contribution in [0.25, 0.3) is 0 Å². The lowest BCUT2D eigenvalue weighted by molar-refractivity contribution is -0.309. The Balaban J connectivity index is 2.09. The number of benzene rings is 2. The molecular formula is C29H32Cl3NO10. The molecule has 6 atom stereocenters. The molecule has 14 heteroatoms. The highest BCUT2D eigenvalue weighted by Crippen LogP contribution is 2.36. The number of ether oxygens (including phenoxy) is 7. The number of hydrogen-bond acceptors (Lipinski definition) is 11. The molecule has 0 radical (unpaired) electrons. The van der Waals surface area contributed by atoms with Gasteiger partial charge >= 0.3 is 17.9 Å². The van der Waals surface area contributed by atoms with Crippen molar-refractivity contribution in [2.24, 2.45) is 0 Å². The van der Waals surface area contributed by atoms with Crippen molar-refractivity contribution in [1.82, 2.24) is 0 Å². The van der Waals surface area contributed by atoms with E-state index in [1.54, 1.807) is 37.3 Å². The molecule has 1 aliphatic heterocycles. The van der Waals surface area contributed by atoms with Gasteiger partial charge in [0.15, 0.2) is 18.3 Å². The van der Waals surface area contributed by atoms with Crippen LogP contribution in [0.3, 0.4) is 0 Å². The molecule has 0 spiro atoms. The summed E-state index contributed by atoms with van der Waals surface area (Å²) in [5.74, 6) is -2.96. The zero-order valence-corrected chi connectivity index (χ0v) is 25.8. The van der Waals surface area contributed by atoms with Crippen LogP contribution in [-0.2, 0) is 54.1 Å². The highest BCUT2D eigenvalue weighted by atomic mass is 35.6. The van der Waals surface area contributed by atoms with Gasteiger partial charge in [0, 0.05) is 13.8 Å². The third-order valence-electron chi connectivity index (χ3n) is 6.02. The molecule has 1 aliphatic rings. The summed E-state index contributed by atoms with van der Waals surface area (Å²) in [6.07, 6.45) is -8.03. The molecule has 0 bridgehead atoms. The fourth-order valence-electron chi connectivity index (χ4n) is 4.20. The minimum Gasteiger partial charge on any atom is -0.464 e. The van der Waals surface area contributed by atoms with E-state index in [4.69, 9.17) is 73.4 Å². The summed E-state index contributed by atoms with van der Waals surface area (Å²) in [5, 5.41) is 8.18. The Morgan fingerprint density at radius 2 is 1.51 bits per heavy atom. The number of nitrogens with one attached hydrogen (secondary N) is 1. The van der Waals surface area contributed by atoms with Crippen LogP contribution in [0.4, 0.5) is 0 Å². The van der Waals surface area contributed by atoms with Crippen LogP contribution in [0.5, 0.6) is 0 Å². The quantitative estimate of drug-likeness (QED) is 0.111. The number of esters is 3. The number of carbonyl (C=O) groups excluding carboxylic acids is 3. The van der Waals surface area contributed by atoms with E-state index in [2.05, 4.69) is 0 Å². The van der Waals surface area contributed by atoms with Crippen molar-refractivity contribution >= 4 is 58.6 Å². The Bertz CT molecular complexity index is 1230. The minimum absolute atomic E-state index is 0.0331. The molecule has 1 fully saturated rings. The van der Waals surface area contributed by atoms with Gasteiger partial charge in [-0.1, -0.05) is 95.5 Å². The summed E-state index contributed by atoms with van der Waals surface area (Å²) in [5.41, 5.74) is 1.18. The molecule has 0 aliphatic carbocycles. The smallest absolute Gasteiger partial charge is 0.339 e. The van der Waals surface area contributed by atoms with Gasteiger partial charge in [0.1, 0.15) is 18.8 Å². The Kier molecular flexibility index (Phi) is 13.0. The Morgan fingerprint density at radius 1 is 0.884 bits per heavy atom. The van der Waals surface area contributed by atoms with Gasteiger partial charge in [0.2, 0.25) is 12.2 Å². The fraction of sp³-hybridized carbons (Fsp3) is 0.448. The van der Waals surface area contributed by atoms with Crippen molar-refractivity contribution in [3.8, 4) is 0 Å². The molecule has 1 heterocycles. The molecular weight excluding hydrogens is 629 g/mol. The van der Waals surface area contributed by atoms with Crippen molar-refractivity contribution in [3.63, 3.8) is 0 Å². The Morgan fingerprint density at radius 3 is 2.07 bits per heavy atom. The van der Waals surface area contributed by atoms with Crippen LogP contribution in [0.2, 0.25) is 0 Å². The number of rotatable bonds is 12. The van der Waals surface area contributed by atoms with Gasteiger partial charge in [-0.25, -0.2) is 4.79 Å². The molecule has 0 amide bonds. The topological polar surface area (TPSA) is 140 Å². The summed E-state index contributed by atoms with van der Waals surface area (Å²) in [7, 11) is 0. The first-order valence-electron chi connectivity index (χ1n) is 13.2. The zero-order chi connectivity index (χ0) is 31.6. The molecule has 3 rings (SSSR count). The van der Waals surface area contributed by atoms with E-state index in [0.29, 0.717) is 5.56 Å². The normalized spacial score (nSPS) is 22.6. The summed E-state index contributed by atoms with van der Waals surface area (Å²) in [6, 6.07) is 17.5. The van der Waals surface area contributed by atoms with Gasteiger partial charge in [-0.05, 0) is 18.1 Å². The van der Waals surface area contributed by atoms with Crippen LogP contribution in [0.15, 0.2) is 60.7 Å². The van der Waals surface area contributed by atoms with Crippen LogP contribution in [0, 0.1) is 5.41 Å². The lowest BCUT2D eigenvalue weighted by Gasteiger charge is -2.45. The Labute approximate surface area is 264 Å². The summed E-state index contributed by atoms with van der Waals surface area (Å²) in [4.78, 5) is 37.3. The van der Waals surface area contributed by atoms with Crippen LogP contribution >= 0.6 is 34.8 Å². The maximum absolute atomic E-state index is 13.1. The summed E-state index contributed by atoms with van der Waals surface area (Å²) in [6.45, 7) is 3.72. The summed E-state index contributed by atoms with van der Waals surface area (Å²) >= 11 is 17.6. The van der Waals surface area contributed by atoms with E-state index in [9.17, 15) is 14.4 Å². The zero-order valence-electron chi connectivity index (χ0n) is 23.6. The minimum atomic E-state index is -2.31. The first-order chi connectivity index (χ1) is 20.4. The van der Waals surface area contributed by atoms with Gasteiger partial charge in [0.05, 0.1) is 13.2 Å². The number of hydrogen-bond donors (Lipinski definition) is 1. The molecule has 0 unspecified atom stereocenters. The van der Waals surface area contributed by atoms with Crippen LogP contribution < -0.4 is 0 Å². The van der Waals surface area contributed by atoms with Gasteiger partial charge in [-0.2, -0.15) is 0 Å². The monoisotopic (exact) mass is 659 g/mol. The first-order valence-corrected chi connectivity index (χ1v) is 14.3. The molecule has 1 saturated heterocycles. The first kappa shape index (κ1) is 34.6. The molecule has 0 saturated carbocycles. The second-order valence-corrected chi connectivity index (χ2v) is 11.6. The van der Waals surface area contributed by atoms with Crippen molar-refractivity contribution in [1.29, 1.82) is 5.41 Å². The van der Waals surface area contributed by atoms with Crippen molar-refractivity contribution < 1.29 is 47.5 Å². The highest BCUT2D eigenvalue weighted by molar-refractivity contribution is 6.76. The summed E-state index contributed by atoms with van der Waals surface area (Å²) < 4.78 is 38.0. The predicted molar refractivity (Wildman–Crippen MR) is 156 cm³/mol. The maximum atomic E-state index is 13.1. The average molecular weight is 661 g/mol. The second kappa shape index (κ2) is 16.2. The largest absolute Gasteiger partial charge is 0.464 e. The lowest BCUT2D eigenvalue weighted by Crippen LogP contribution is -2.63. The van der Waals surface area contributed by atoms with Crippen LogP contribution in [0.1, 0.15) is 38.0 Å². The lowest BCUT2D eigenvalue weighted by atomic mass is 9.97. The maximum Gasteiger partial charge on any atom is 0.339 e.